The maximum absolute atomic E-state index is 11.9. The normalized spacial score (nSPS) is 10.1. The Labute approximate surface area is 113 Å². The third-order valence-electron chi connectivity index (χ3n) is 2.37. The fourth-order valence-corrected chi connectivity index (χ4v) is 1.84. The standard InChI is InChI=1S/C13H11BrN2O2/c14-12-10(2-1-3-11(12)15)13(17)18-8-9-4-6-16-7-5-9/h1-7H,8,15H2. The number of halogens is 1. The van der Waals surface area contributed by atoms with E-state index in [-0.39, 0.29) is 6.61 Å². The Morgan fingerprint density at radius 1 is 1.28 bits per heavy atom. The van der Waals surface area contributed by atoms with Crippen molar-refractivity contribution in [3.63, 3.8) is 0 Å². The van der Waals surface area contributed by atoms with Crippen LogP contribution in [0.2, 0.25) is 0 Å². The molecular weight excluding hydrogens is 296 g/mol. The molecule has 0 bridgehead atoms. The number of anilines is 1. The quantitative estimate of drug-likeness (QED) is 0.699. The lowest BCUT2D eigenvalue weighted by molar-refractivity contribution is 0.0471. The van der Waals surface area contributed by atoms with Gasteiger partial charge in [-0.15, -0.1) is 0 Å². The molecule has 0 fully saturated rings. The van der Waals surface area contributed by atoms with Crippen molar-refractivity contribution in [1.82, 2.24) is 4.98 Å². The van der Waals surface area contributed by atoms with Crippen LogP contribution in [0.3, 0.4) is 0 Å². The molecule has 0 aliphatic carbocycles. The van der Waals surface area contributed by atoms with E-state index in [1.54, 1.807) is 42.7 Å². The van der Waals surface area contributed by atoms with Gasteiger partial charge in [0.1, 0.15) is 6.61 Å². The van der Waals surface area contributed by atoms with Gasteiger partial charge in [0.05, 0.1) is 10.0 Å². The number of nitrogens with zero attached hydrogens (tertiary/aromatic N) is 1. The van der Waals surface area contributed by atoms with E-state index in [9.17, 15) is 4.79 Å². The third-order valence-corrected chi connectivity index (χ3v) is 3.25. The smallest absolute Gasteiger partial charge is 0.339 e. The number of hydrogen-bond acceptors (Lipinski definition) is 4. The summed E-state index contributed by atoms with van der Waals surface area (Å²) in [4.78, 5) is 15.8. The van der Waals surface area contributed by atoms with Crippen molar-refractivity contribution in [2.45, 2.75) is 6.61 Å². The molecule has 2 rings (SSSR count). The van der Waals surface area contributed by atoms with Gasteiger partial charge in [0.15, 0.2) is 0 Å². The summed E-state index contributed by atoms with van der Waals surface area (Å²) in [6.45, 7) is 0.211. The fourth-order valence-electron chi connectivity index (χ4n) is 1.41. The summed E-state index contributed by atoms with van der Waals surface area (Å²) in [6.07, 6.45) is 3.30. The number of aromatic nitrogens is 1. The predicted octanol–water partition coefficient (Wildman–Crippen LogP) is 2.78. The number of nitrogen functional groups attached to an aromatic ring is 1. The van der Waals surface area contributed by atoms with Gasteiger partial charge in [0, 0.05) is 18.1 Å². The van der Waals surface area contributed by atoms with Gasteiger partial charge in [-0.1, -0.05) is 6.07 Å². The molecule has 0 unspecified atom stereocenters. The van der Waals surface area contributed by atoms with Crippen LogP contribution < -0.4 is 5.73 Å². The van der Waals surface area contributed by atoms with Gasteiger partial charge in [0.2, 0.25) is 0 Å². The van der Waals surface area contributed by atoms with Crippen molar-refractivity contribution in [3.8, 4) is 0 Å². The first-order valence-electron chi connectivity index (χ1n) is 5.28. The monoisotopic (exact) mass is 306 g/mol. The topological polar surface area (TPSA) is 65.2 Å². The zero-order valence-electron chi connectivity index (χ0n) is 9.47. The number of ether oxygens (including phenoxy) is 1. The van der Waals surface area contributed by atoms with Gasteiger partial charge in [-0.05, 0) is 45.8 Å². The first-order chi connectivity index (χ1) is 8.68. The van der Waals surface area contributed by atoms with Crippen LogP contribution in [0, 0.1) is 0 Å². The van der Waals surface area contributed by atoms with E-state index in [1.807, 2.05) is 0 Å². The van der Waals surface area contributed by atoms with Crippen LogP contribution in [0.4, 0.5) is 5.69 Å². The molecule has 2 aromatic rings. The summed E-state index contributed by atoms with van der Waals surface area (Å²) >= 11 is 3.27. The first kappa shape index (κ1) is 12.6. The molecule has 92 valence electrons. The van der Waals surface area contributed by atoms with E-state index < -0.39 is 5.97 Å². The Hall–Kier alpha value is -1.88. The Kier molecular flexibility index (Phi) is 3.94. The minimum atomic E-state index is -0.411. The number of carbonyl (C=O) groups is 1. The molecule has 1 aromatic carbocycles. The number of benzene rings is 1. The lowest BCUT2D eigenvalue weighted by Gasteiger charge is -2.07. The van der Waals surface area contributed by atoms with Gasteiger partial charge < -0.3 is 10.5 Å². The van der Waals surface area contributed by atoms with Crippen LogP contribution in [-0.2, 0) is 11.3 Å². The molecule has 0 aliphatic rings. The van der Waals surface area contributed by atoms with Crippen LogP contribution in [0.1, 0.15) is 15.9 Å². The van der Waals surface area contributed by atoms with Gasteiger partial charge in [0.25, 0.3) is 0 Å². The number of rotatable bonds is 3. The highest BCUT2D eigenvalue weighted by molar-refractivity contribution is 9.10. The molecule has 2 N–H and O–H groups in total. The minimum Gasteiger partial charge on any atom is -0.457 e. The number of hydrogen-bond donors (Lipinski definition) is 1. The summed E-state index contributed by atoms with van der Waals surface area (Å²) in [5.74, 6) is -0.411. The summed E-state index contributed by atoms with van der Waals surface area (Å²) in [6, 6.07) is 8.67. The van der Waals surface area contributed by atoms with Crippen LogP contribution >= 0.6 is 15.9 Å². The van der Waals surface area contributed by atoms with Crippen molar-refractivity contribution < 1.29 is 9.53 Å². The number of nitrogens with two attached hydrogens (primary N) is 1. The average molecular weight is 307 g/mol. The molecule has 0 atom stereocenters. The van der Waals surface area contributed by atoms with Gasteiger partial charge in [-0.25, -0.2) is 4.79 Å². The highest BCUT2D eigenvalue weighted by Gasteiger charge is 2.13. The van der Waals surface area contributed by atoms with E-state index >= 15 is 0 Å². The molecule has 0 saturated carbocycles. The van der Waals surface area contributed by atoms with Crippen molar-refractivity contribution in [3.05, 3.63) is 58.3 Å². The number of carbonyl (C=O) groups excluding carboxylic acids is 1. The second-order valence-corrected chi connectivity index (χ2v) is 4.43. The Morgan fingerprint density at radius 2 is 2.00 bits per heavy atom. The fraction of sp³-hybridized carbons (Fsp3) is 0.0769. The lowest BCUT2D eigenvalue weighted by atomic mass is 10.2. The number of esters is 1. The summed E-state index contributed by atoms with van der Waals surface area (Å²) in [5, 5.41) is 0. The first-order valence-corrected chi connectivity index (χ1v) is 6.08. The van der Waals surface area contributed by atoms with Crippen LogP contribution in [-0.4, -0.2) is 11.0 Å². The summed E-state index contributed by atoms with van der Waals surface area (Å²) < 4.78 is 5.76. The van der Waals surface area contributed by atoms with Crippen LogP contribution in [0.5, 0.6) is 0 Å². The highest BCUT2D eigenvalue weighted by atomic mass is 79.9. The molecular formula is C13H11BrN2O2. The molecule has 0 radical (unpaired) electrons. The molecule has 0 aliphatic heterocycles. The Morgan fingerprint density at radius 3 is 2.72 bits per heavy atom. The highest BCUT2D eigenvalue weighted by Crippen LogP contribution is 2.24. The number of pyridine rings is 1. The largest absolute Gasteiger partial charge is 0.457 e. The predicted molar refractivity (Wildman–Crippen MR) is 71.9 cm³/mol. The van der Waals surface area contributed by atoms with Crippen molar-refractivity contribution in [2.75, 3.05) is 5.73 Å². The third kappa shape index (κ3) is 2.87. The Balaban J connectivity index is 2.07. The molecule has 1 aromatic heterocycles. The van der Waals surface area contributed by atoms with Crippen molar-refractivity contribution >= 4 is 27.6 Å². The second-order valence-electron chi connectivity index (χ2n) is 3.64. The lowest BCUT2D eigenvalue weighted by Crippen LogP contribution is -2.07. The molecule has 1 heterocycles. The summed E-state index contributed by atoms with van der Waals surface area (Å²) in [7, 11) is 0. The van der Waals surface area contributed by atoms with Crippen molar-refractivity contribution in [1.29, 1.82) is 0 Å². The molecule has 0 amide bonds. The van der Waals surface area contributed by atoms with E-state index in [4.69, 9.17) is 10.5 Å². The molecule has 18 heavy (non-hydrogen) atoms. The van der Waals surface area contributed by atoms with E-state index in [0.717, 1.165) is 5.56 Å². The van der Waals surface area contributed by atoms with Crippen LogP contribution in [0.15, 0.2) is 47.2 Å². The van der Waals surface area contributed by atoms with E-state index in [0.29, 0.717) is 15.7 Å². The van der Waals surface area contributed by atoms with E-state index in [1.165, 1.54) is 0 Å². The maximum atomic E-state index is 11.9. The SMILES string of the molecule is Nc1cccc(C(=O)OCc2ccncc2)c1Br. The zero-order chi connectivity index (χ0) is 13.0. The summed E-state index contributed by atoms with van der Waals surface area (Å²) in [5.41, 5.74) is 7.52. The molecule has 0 spiro atoms. The maximum Gasteiger partial charge on any atom is 0.339 e. The van der Waals surface area contributed by atoms with Gasteiger partial charge in [-0.3, -0.25) is 4.98 Å². The zero-order valence-corrected chi connectivity index (χ0v) is 11.1. The molecule has 5 heteroatoms. The van der Waals surface area contributed by atoms with Crippen molar-refractivity contribution in [2.24, 2.45) is 0 Å². The average Bonchev–Trinajstić information content (AvgIpc) is 2.40. The van der Waals surface area contributed by atoms with Crippen LogP contribution in [0.25, 0.3) is 0 Å². The minimum absolute atomic E-state index is 0.211. The Bertz CT molecular complexity index is 558. The van der Waals surface area contributed by atoms with Gasteiger partial charge in [-0.2, -0.15) is 0 Å². The molecule has 0 saturated heterocycles. The second kappa shape index (κ2) is 5.64. The van der Waals surface area contributed by atoms with E-state index in [2.05, 4.69) is 20.9 Å². The molecule has 4 nitrogen and oxygen atoms in total. The van der Waals surface area contributed by atoms with Gasteiger partial charge >= 0.3 is 5.97 Å².